The molecule has 2 aromatic rings. The van der Waals surface area contributed by atoms with Gasteiger partial charge in [-0.15, -0.1) is 0 Å². The standard InChI is InChI=1S/C22H24ClFN4O4/c1-32-11-17(25)22(31)27-6-7-28-19(10-27)20(29)26-18-5-2-12(8-15(18)21(28)30)14-4-3-13(23)9-16(14)24/h2-5,8-9,17,19-20,26,29H,6-7,10-11,25H2,1H3. The highest BCUT2D eigenvalue weighted by molar-refractivity contribution is 6.30. The van der Waals surface area contributed by atoms with Gasteiger partial charge in [0.15, 0.2) is 0 Å². The van der Waals surface area contributed by atoms with Crippen molar-refractivity contribution in [2.45, 2.75) is 18.3 Å². The molecular formula is C22H24ClFN4O4. The fourth-order valence-corrected chi connectivity index (χ4v) is 4.33. The first-order chi connectivity index (χ1) is 15.3. The summed E-state index contributed by atoms with van der Waals surface area (Å²) in [5.41, 5.74) is 7.44. The minimum absolute atomic E-state index is 0.0823. The molecule has 0 aliphatic carbocycles. The van der Waals surface area contributed by atoms with Crippen LogP contribution in [-0.2, 0) is 9.53 Å². The van der Waals surface area contributed by atoms with E-state index in [0.717, 1.165) is 0 Å². The molecule has 1 fully saturated rings. The lowest BCUT2D eigenvalue weighted by atomic mass is 10.0. The topological polar surface area (TPSA) is 108 Å². The van der Waals surface area contributed by atoms with E-state index in [0.29, 0.717) is 22.4 Å². The van der Waals surface area contributed by atoms with E-state index in [1.54, 1.807) is 30.3 Å². The smallest absolute Gasteiger partial charge is 0.256 e. The molecule has 0 spiro atoms. The predicted octanol–water partition coefficient (Wildman–Crippen LogP) is 1.52. The maximum atomic E-state index is 14.4. The van der Waals surface area contributed by atoms with Crippen LogP contribution in [0.3, 0.4) is 0 Å². The molecule has 2 aromatic carbocycles. The number of carbonyl (C=O) groups excluding carboxylic acids is 2. The second kappa shape index (κ2) is 9.03. The number of nitrogens with two attached hydrogens (primary N) is 1. The number of carbonyl (C=O) groups is 2. The van der Waals surface area contributed by atoms with Crippen molar-refractivity contribution in [3.63, 3.8) is 0 Å². The van der Waals surface area contributed by atoms with Gasteiger partial charge in [-0.25, -0.2) is 4.39 Å². The summed E-state index contributed by atoms with van der Waals surface area (Å²) >= 11 is 5.85. The molecule has 4 N–H and O–H groups in total. The van der Waals surface area contributed by atoms with Gasteiger partial charge >= 0.3 is 0 Å². The van der Waals surface area contributed by atoms with Crippen molar-refractivity contribution in [1.29, 1.82) is 0 Å². The zero-order valence-electron chi connectivity index (χ0n) is 17.4. The van der Waals surface area contributed by atoms with Crippen molar-refractivity contribution in [3.05, 3.63) is 52.8 Å². The molecule has 0 radical (unpaired) electrons. The third kappa shape index (κ3) is 4.16. The summed E-state index contributed by atoms with van der Waals surface area (Å²) in [6.45, 7) is 0.723. The minimum Gasteiger partial charge on any atom is -0.383 e. The van der Waals surface area contributed by atoms with Gasteiger partial charge in [-0.2, -0.15) is 0 Å². The number of anilines is 1. The summed E-state index contributed by atoms with van der Waals surface area (Å²) in [4.78, 5) is 29.0. The Bertz CT molecular complexity index is 1050. The Hall–Kier alpha value is -2.72. The van der Waals surface area contributed by atoms with Gasteiger partial charge in [-0.1, -0.05) is 17.7 Å². The third-order valence-electron chi connectivity index (χ3n) is 5.81. The predicted molar refractivity (Wildman–Crippen MR) is 118 cm³/mol. The van der Waals surface area contributed by atoms with Gasteiger partial charge in [-0.3, -0.25) is 9.59 Å². The number of benzene rings is 2. The fraction of sp³-hybridized carbons (Fsp3) is 0.364. The Morgan fingerprint density at radius 2 is 2.09 bits per heavy atom. The summed E-state index contributed by atoms with van der Waals surface area (Å²) in [5.74, 6) is -1.10. The van der Waals surface area contributed by atoms with Crippen LogP contribution in [0.1, 0.15) is 10.4 Å². The lowest BCUT2D eigenvalue weighted by Crippen LogP contribution is -2.62. The van der Waals surface area contributed by atoms with Gasteiger partial charge < -0.3 is 30.7 Å². The summed E-state index contributed by atoms with van der Waals surface area (Å²) in [7, 11) is 1.46. The van der Waals surface area contributed by atoms with Gasteiger partial charge in [0.05, 0.1) is 18.2 Å². The molecule has 0 saturated carbocycles. The van der Waals surface area contributed by atoms with Crippen molar-refractivity contribution < 1.29 is 23.8 Å². The third-order valence-corrected chi connectivity index (χ3v) is 6.05. The van der Waals surface area contributed by atoms with E-state index >= 15 is 0 Å². The van der Waals surface area contributed by atoms with Crippen LogP contribution in [0.4, 0.5) is 10.1 Å². The highest BCUT2D eigenvalue weighted by atomic mass is 35.5. The SMILES string of the molecule is COCC(N)C(=O)N1CCN2C(=O)c3cc(-c4ccc(Cl)cc4F)ccc3NC(O)C2C1. The molecular weight excluding hydrogens is 439 g/mol. The van der Waals surface area contributed by atoms with Crippen LogP contribution < -0.4 is 11.1 Å². The average molecular weight is 463 g/mol. The van der Waals surface area contributed by atoms with Crippen LogP contribution in [0.25, 0.3) is 11.1 Å². The van der Waals surface area contributed by atoms with Crippen LogP contribution in [0.2, 0.25) is 5.02 Å². The number of rotatable bonds is 4. The van der Waals surface area contributed by atoms with Crippen LogP contribution >= 0.6 is 11.6 Å². The lowest BCUT2D eigenvalue weighted by Gasteiger charge is -2.42. The van der Waals surface area contributed by atoms with E-state index in [-0.39, 0.29) is 43.1 Å². The number of nitrogens with one attached hydrogen (secondary N) is 1. The summed E-state index contributed by atoms with van der Waals surface area (Å²) in [5, 5.41) is 14.0. The zero-order chi connectivity index (χ0) is 23.0. The molecule has 2 heterocycles. The van der Waals surface area contributed by atoms with Crippen LogP contribution in [0.5, 0.6) is 0 Å². The van der Waals surface area contributed by atoms with Crippen LogP contribution in [0, 0.1) is 5.82 Å². The number of amides is 2. The van der Waals surface area contributed by atoms with Crippen LogP contribution in [0.15, 0.2) is 36.4 Å². The molecule has 0 bridgehead atoms. The fourth-order valence-electron chi connectivity index (χ4n) is 4.17. The van der Waals surface area contributed by atoms with Crippen LogP contribution in [-0.4, -0.2) is 78.4 Å². The van der Waals surface area contributed by atoms with E-state index in [1.165, 1.54) is 23.0 Å². The molecule has 170 valence electrons. The van der Waals surface area contributed by atoms with E-state index in [1.807, 2.05) is 0 Å². The minimum atomic E-state index is -1.10. The highest BCUT2D eigenvalue weighted by Crippen LogP contribution is 2.32. The van der Waals surface area contributed by atoms with Gasteiger partial charge in [0.1, 0.15) is 18.1 Å². The Morgan fingerprint density at radius 3 is 2.81 bits per heavy atom. The first kappa shape index (κ1) is 22.5. The Kier molecular flexibility index (Phi) is 6.34. The monoisotopic (exact) mass is 462 g/mol. The van der Waals surface area contributed by atoms with E-state index in [4.69, 9.17) is 22.1 Å². The molecule has 2 aliphatic rings. The molecule has 8 nitrogen and oxygen atoms in total. The molecule has 1 saturated heterocycles. The molecule has 2 amide bonds. The second-order valence-electron chi connectivity index (χ2n) is 7.89. The van der Waals surface area contributed by atoms with E-state index < -0.39 is 24.1 Å². The summed E-state index contributed by atoms with van der Waals surface area (Å²) in [6.07, 6.45) is -1.10. The van der Waals surface area contributed by atoms with Crippen molar-refractivity contribution >= 4 is 29.1 Å². The van der Waals surface area contributed by atoms with Crippen molar-refractivity contribution in [1.82, 2.24) is 9.80 Å². The number of ether oxygens (including phenoxy) is 1. The number of hydrogen-bond donors (Lipinski definition) is 3. The second-order valence-corrected chi connectivity index (χ2v) is 8.32. The molecule has 3 unspecified atom stereocenters. The quantitative estimate of drug-likeness (QED) is 0.635. The van der Waals surface area contributed by atoms with Crippen molar-refractivity contribution in [2.75, 3.05) is 38.7 Å². The maximum absolute atomic E-state index is 14.4. The zero-order valence-corrected chi connectivity index (χ0v) is 18.2. The maximum Gasteiger partial charge on any atom is 0.256 e. The molecule has 32 heavy (non-hydrogen) atoms. The molecule has 10 heteroatoms. The molecule has 2 aliphatic heterocycles. The van der Waals surface area contributed by atoms with E-state index in [2.05, 4.69) is 5.32 Å². The van der Waals surface area contributed by atoms with Gasteiger partial charge in [0, 0.05) is 43.0 Å². The molecule has 4 rings (SSSR count). The summed E-state index contributed by atoms with van der Waals surface area (Å²) < 4.78 is 19.4. The Morgan fingerprint density at radius 1 is 1.31 bits per heavy atom. The normalized spacial score (nSPS) is 21.3. The molecule has 3 atom stereocenters. The Balaban J connectivity index is 1.62. The highest BCUT2D eigenvalue weighted by Gasteiger charge is 2.41. The van der Waals surface area contributed by atoms with Gasteiger partial charge in [0.2, 0.25) is 5.91 Å². The van der Waals surface area contributed by atoms with Gasteiger partial charge in [-0.05, 0) is 35.9 Å². The number of aliphatic hydroxyl groups is 1. The first-order valence-corrected chi connectivity index (χ1v) is 10.6. The number of hydrogen-bond acceptors (Lipinski definition) is 6. The largest absolute Gasteiger partial charge is 0.383 e. The molecule has 0 aromatic heterocycles. The lowest BCUT2D eigenvalue weighted by molar-refractivity contribution is -0.137. The Labute approximate surface area is 189 Å². The van der Waals surface area contributed by atoms with Crippen molar-refractivity contribution in [3.8, 4) is 11.1 Å². The number of nitrogens with zero attached hydrogens (tertiary/aromatic N) is 2. The average Bonchev–Trinajstić information content (AvgIpc) is 2.87. The summed E-state index contributed by atoms with van der Waals surface area (Å²) in [6, 6.07) is 7.77. The number of aliphatic hydroxyl groups excluding tert-OH is 1. The number of halogens is 2. The van der Waals surface area contributed by atoms with E-state index in [9.17, 15) is 19.1 Å². The number of fused-ring (bicyclic) bond motifs is 2. The first-order valence-electron chi connectivity index (χ1n) is 10.2. The number of methoxy groups -OCH3 is 1. The van der Waals surface area contributed by atoms with Crippen molar-refractivity contribution in [2.24, 2.45) is 5.73 Å². The number of piperazine rings is 1. The van der Waals surface area contributed by atoms with Gasteiger partial charge in [0.25, 0.3) is 5.91 Å².